The lowest BCUT2D eigenvalue weighted by atomic mass is 9.50. The minimum absolute atomic E-state index is 0.0847. The molecule has 4 aliphatic carbocycles. The van der Waals surface area contributed by atoms with E-state index in [0.717, 1.165) is 55.4 Å². The average molecular weight is 530 g/mol. The molecule has 0 spiro atoms. The molecule has 4 saturated carbocycles. The maximum Gasteiger partial charge on any atom is 0.282 e. The Hall–Kier alpha value is -2.09. The molecule has 38 heavy (non-hydrogen) atoms. The summed E-state index contributed by atoms with van der Waals surface area (Å²) in [5, 5.41) is 14.9. The number of rotatable bonds is 6. The zero-order chi connectivity index (χ0) is 27.0. The quantitative estimate of drug-likeness (QED) is 0.519. The first-order valence-corrected chi connectivity index (χ1v) is 14.5. The highest BCUT2D eigenvalue weighted by atomic mass is 19.3. The van der Waals surface area contributed by atoms with Gasteiger partial charge in [-0.3, -0.25) is 14.3 Å². The van der Waals surface area contributed by atoms with E-state index in [1.165, 1.54) is 29.9 Å². The number of carbonyl (C=O) groups excluding carboxylic acids is 2. The van der Waals surface area contributed by atoms with Crippen molar-refractivity contribution < 1.29 is 23.5 Å². The van der Waals surface area contributed by atoms with Crippen LogP contribution in [0.2, 0.25) is 0 Å². The second kappa shape index (κ2) is 8.97. The molecule has 8 atom stereocenters. The molecule has 1 aromatic heterocycles. The Morgan fingerprint density at radius 3 is 2.37 bits per heavy atom. The van der Waals surface area contributed by atoms with Crippen LogP contribution in [-0.4, -0.2) is 56.1 Å². The molecule has 6 nitrogen and oxygen atoms in total. The topological polar surface area (TPSA) is 75.4 Å². The van der Waals surface area contributed by atoms with Crippen LogP contribution in [0.4, 0.5) is 8.78 Å². The third kappa shape index (κ3) is 4.75. The summed E-state index contributed by atoms with van der Waals surface area (Å²) in [5.41, 5.74) is 0.790. The minimum Gasteiger partial charge on any atom is -0.390 e. The van der Waals surface area contributed by atoms with Gasteiger partial charge in [0.25, 0.3) is 11.8 Å². The number of alkyl halides is 2. The highest BCUT2D eigenvalue weighted by molar-refractivity contribution is 5.94. The minimum atomic E-state index is -2.81. The summed E-state index contributed by atoms with van der Waals surface area (Å²) < 4.78 is 27.9. The van der Waals surface area contributed by atoms with Crippen LogP contribution < -0.4 is 0 Å². The Kier molecular flexibility index (Phi) is 6.17. The number of ketones is 1. The Morgan fingerprint density at radius 2 is 1.74 bits per heavy atom. The van der Waals surface area contributed by atoms with E-state index in [9.17, 15) is 23.5 Å². The number of nitrogens with zero attached hydrogens (tertiary/aromatic N) is 3. The molecule has 0 radical (unpaired) electrons. The van der Waals surface area contributed by atoms with E-state index < -0.39 is 30.5 Å². The van der Waals surface area contributed by atoms with Gasteiger partial charge < -0.3 is 10.0 Å². The van der Waals surface area contributed by atoms with Crippen molar-refractivity contribution in [2.75, 3.05) is 13.1 Å². The van der Waals surface area contributed by atoms with Crippen molar-refractivity contribution in [1.29, 1.82) is 0 Å². The molecule has 0 unspecified atom stereocenters. The Bertz CT molecular complexity index is 1140. The van der Waals surface area contributed by atoms with Crippen molar-refractivity contribution in [3.05, 3.63) is 30.1 Å². The van der Waals surface area contributed by atoms with Gasteiger partial charge in [0.2, 0.25) is 0 Å². The number of likely N-dealkylation sites (tertiary alicyclic amines) is 1. The summed E-state index contributed by atoms with van der Waals surface area (Å²) in [6.45, 7) is 7.45. The van der Waals surface area contributed by atoms with Gasteiger partial charge in [-0.05, 0) is 99.7 Å². The number of allylic oxidation sites excluding steroid dienone is 1. The van der Waals surface area contributed by atoms with E-state index in [1.54, 1.807) is 0 Å². The van der Waals surface area contributed by atoms with Crippen molar-refractivity contribution in [2.45, 2.75) is 89.7 Å². The predicted octanol–water partition coefficient (Wildman–Crippen LogP) is 5.12. The van der Waals surface area contributed by atoms with Gasteiger partial charge in [0.05, 0.1) is 37.0 Å². The number of fused-ring (bicyclic) bond motifs is 3. The number of carbonyl (C=O) groups is 2. The van der Waals surface area contributed by atoms with Crippen LogP contribution in [0.1, 0.15) is 82.0 Å². The van der Waals surface area contributed by atoms with Crippen molar-refractivity contribution in [2.24, 2.45) is 40.9 Å². The van der Waals surface area contributed by atoms with Gasteiger partial charge in [-0.25, -0.2) is 8.78 Å². The Labute approximate surface area is 223 Å². The van der Waals surface area contributed by atoms with Gasteiger partial charge in [0, 0.05) is 12.1 Å². The summed E-state index contributed by atoms with van der Waals surface area (Å²) in [4.78, 5) is 27.5. The van der Waals surface area contributed by atoms with Crippen LogP contribution in [-0.2, 0) is 11.3 Å². The number of halogens is 2. The van der Waals surface area contributed by atoms with E-state index >= 15 is 0 Å². The highest BCUT2D eigenvalue weighted by Gasteiger charge is 2.55. The normalized spacial score (nSPS) is 40.5. The third-order valence-corrected chi connectivity index (χ3v) is 10.8. The van der Waals surface area contributed by atoms with E-state index in [1.807, 2.05) is 6.92 Å². The lowest BCUT2D eigenvalue weighted by Crippen LogP contribution is -2.58. The largest absolute Gasteiger partial charge is 0.390 e. The SMILES string of the molecule is C=C1C[C@@H]1[C@H](C(=O)Cn1cc(C(=O)N2CC(F)(F)C2)cn1)[C@@]1(C)CC[C@H]2[C@@H](CC[C@@H]3C[C@](C)(O)CC[C@@H]32)C1. The first-order chi connectivity index (χ1) is 17.8. The van der Waals surface area contributed by atoms with Gasteiger partial charge in [0.1, 0.15) is 0 Å². The predicted molar refractivity (Wildman–Crippen MR) is 138 cm³/mol. The zero-order valence-electron chi connectivity index (χ0n) is 22.7. The second-order valence-corrected chi connectivity index (χ2v) is 13.9. The Morgan fingerprint density at radius 1 is 1.11 bits per heavy atom. The molecule has 8 heteroatoms. The van der Waals surface area contributed by atoms with Crippen LogP contribution in [0, 0.1) is 40.9 Å². The third-order valence-electron chi connectivity index (χ3n) is 10.8. The van der Waals surface area contributed by atoms with Gasteiger partial charge >= 0.3 is 0 Å². The average Bonchev–Trinajstić information content (AvgIpc) is 3.32. The zero-order valence-corrected chi connectivity index (χ0v) is 22.7. The van der Waals surface area contributed by atoms with Crippen molar-refractivity contribution in [3.63, 3.8) is 0 Å². The van der Waals surface area contributed by atoms with E-state index in [2.05, 4.69) is 18.6 Å². The van der Waals surface area contributed by atoms with E-state index in [4.69, 9.17) is 0 Å². The maximum atomic E-state index is 13.8. The number of aliphatic hydroxyl groups is 1. The molecule has 1 N–H and O–H groups in total. The summed E-state index contributed by atoms with van der Waals surface area (Å²) in [6.07, 6.45) is 12.3. The smallest absolute Gasteiger partial charge is 0.282 e. The maximum absolute atomic E-state index is 13.8. The molecule has 1 saturated heterocycles. The molecule has 0 aromatic carbocycles. The summed E-state index contributed by atoms with van der Waals surface area (Å²) in [5.74, 6) is -0.386. The molecule has 1 aromatic rings. The van der Waals surface area contributed by atoms with Gasteiger partial charge in [0.15, 0.2) is 5.78 Å². The summed E-state index contributed by atoms with van der Waals surface area (Å²) in [7, 11) is 0. The van der Waals surface area contributed by atoms with E-state index in [-0.39, 0.29) is 35.1 Å². The lowest BCUT2D eigenvalue weighted by Gasteiger charge is -2.55. The molecule has 208 valence electrons. The fourth-order valence-corrected chi connectivity index (χ4v) is 8.92. The molecule has 5 aliphatic rings. The van der Waals surface area contributed by atoms with Gasteiger partial charge in [-0.15, -0.1) is 0 Å². The fourth-order valence-electron chi connectivity index (χ4n) is 8.92. The molecule has 0 bridgehead atoms. The number of hydrogen-bond acceptors (Lipinski definition) is 4. The van der Waals surface area contributed by atoms with E-state index in [0.29, 0.717) is 23.7 Å². The van der Waals surface area contributed by atoms with Crippen LogP contribution in [0.25, 0.3) is 0 Å². The number of amides is 1. The molecule has 1 amide bonds. The van der Waals surface area contributed by atoms with Crippen molar-refractivity contribution in [3.8, 4) is 0 Å². The Balaban J connectivity index is 1.14. The fraction of sp³-hybridized carbons (Fsp3) is 0.767. The monoisotopic (exact) mass is 529 g/mol. The first-order valence-electron chi connectivity index (χ1n) is 14.5. The summed E-state index contributed by atoms with van der Waals surface area (Å²) >= 11 is 0. The number of Topliss-reactive ketones (excluding diaryl/α,β-unsaturated/α-hetero) is 1. The van der Waals surface area contributed by atoms with Crippen LogP contribution in [0.3, 0.4) is 0 Å². The van der Waals surface area contributed by atoms with Crippen LogP contribution in [0.15, 0.2) is 24.5 Å². The van der Waals surface area contributed by atoms with Gasteiger partial charge in [-0.1, -0.05) is 19.1 Å². The molecule has 6 rings (SSSR count). The molecule has 2 heterocycles. The van der Waals surface area contributed by atoms with Crippen LogP contribution >= 0.6 is 0 Å². The number of hydrogen-bond donors (Lipinski definition) is 1. The van der Waals surface area contributed by atoms with Crippen molar-refractivity contribution in [1.82, 2.24) is 14.7 Å². The standard InChI is InChI=1S/C30H41F2N3O3/c1-18-10-24(18)26(25(36)15-35-14-21(13-33-35)27(37)34-16-30(31,32)17-34)28(2)8-6-22-19(11-28)4-5-20-12-29(3,38)9-7-23(20)22/h13-14,19-20,22-24,26,38H,1,4-12,15-17H2,2-3H3/t19-,20+,22-,23-,24-,26+,28-,29+/m0/s1. The van der Waals surface area contributed by atoms with Crippen molar-refractivity contribution >= 4 is 11.7 Å². The molecular weight excluding hydrogens is 488 g/mol. The van der Waals surface area contributed by atoms with Crippen LogP contribution in [0.5, 0.6) is 0 Å². The molecular formula is C30H41F2N3O3. The lowest BCUT2D eigenvalue weighted by molar-refractivity contribution is -0.133. The summed E-state index contributed by atoms with van der Waals surface area (Å²) in [6, 6.07) is 0. The molecule has 5 fully saturated rings. The van der Waals surface area contributed by atoms with Gasteiger partial charge in [-0.2, -0.15) is 5.10 Å². The number of aromatic nitrogens is 2. The molecule has 1 aliphatic heterocycles. The first kappa shape index (κ1) is 26.1. The second-order valence-electron chi connectivity index (χ2n) is 13.9. The highest BCUT2D eigenvalue weighted by Crippen LogP contribution is 2.61.